The van der Waals surface area contributed by atoms with Gasteiger partial charge in [0.25, 0.3) is 0 Å². The van der Waals surface area contributed by atoms with Crippen LogP contribution in [0.3, 0.4) is 0 Å². The van der Waals surface area contributed by atoms with Gasteiger partial charge in [0.05, 0.1) is 11.9 Å². The first-order valence-electron chi connectivity index (χ1n) is 5.65. The number of rotatable bonds is 3. The lowest BCUT2D eigenvalue weighted by Gasteiger charge is -2.06. The van der Waals surface area contributed by atoms with Crippen molar-refractivity contribution in [3.05, 3.63) is 64.5 Å². The summed E-state index contributed by atoms with van der Waals surface area (Å²) in [6.45, 7) is 0. The van der Waals surface area contributed by atoms with Gasteiger partial charge in [-0.15, -0.1) is 10.2 Å². The Labute approximate surface area is 123 Å². The molecule has 94 valence electrons. The summed E-state index contributed by atoms with van der Waals surface area (Å²) in [5, 5.41) is 11.7. The Bertz CT molecular complexity index is 682. The number of aromatic nitrogens is 4. The first kappa shape index (κ1) is 12.1. The van der Waals surface area contributed by atoms with Gasteiger partial charge in [0.2, 0.25) is 0 Å². The molecule has 0 fully saturated rings. The van der Waals surface area contributed by atoms with E-state index in [-0.39, 0.29) is 0 Å². The second kappa shape index (κ2) is 5.35. The average molecular weight is 363 g/mol. The summed E-state index contributed by atoms with van der Waals surface area (Å²) in [6, 6.07) is 12.3. The molecule has 2 aromatic heterocycles. The van der Waals surface area contributed by atoms with Crippen LogP contribution in [0, 0.1) is 3.57 Å². The van der Waals surface area contributed by atoms with Crippen molar-refractivity contribution < 1.29 is 0 Å². The van der Waals surface area contributed by atoms with Gasteiger partial charge in [-0.05, 0) is 59.0 Å². The lowest BCUT2D eigenvalue weighted by molar-refractivity contribution is 0.875. The lowest BCUT2D eigenvalue weighted by Crippen LogP contribution is -1.98. The topological polar surface area (TPSA) is 48.0 Å². The molecule has 19 heavy (non-hydrogen) atoms. The van der Waals surface area contributed by atoms with Gasteiger partial charge in [-0.1, -0.05) is 0 Å². The lowest BCUT2D eigenvalue weighted by atomic mass is 10.3. The third-order valence-corrected chi connectivity index (χ3v) is 3.33. The Morgan fingerprint density at radius 3 is 2.53 bits per heavy atom. The van der Waals surface area contributed by atoms with Gasteiger partial charge >= 0.3 is 0 Å². The second-order valence-corrected chi connectivity index (χ2v) is 5.11. The van der Waals surface area contributed by atoms with E-state index in [1.54, 1.807) is 23.5 Å². The molecule has 0 unspecified atom stereocenters. The maximum atomic E-state index is 4.26. The number of hydrogen-bond acceptors (Lipinski definition) is 3. The van der Waals surface area contributed by atoms with Crippen LogP contribution in [0.4, 0.5) is 0 Å². The van der Waals surface area contributed by atoms with Crippen molar-refractivity contribution in [1.82, 2.24) is 19.4 Å². The minimum atomic E-state index is 0.995. The molecule has 0 amide bonds. The molecule has 5 nitrogen and oxygen atoms in total. The molecule has 0 aliphatic carbocycles. The molecule has 0 spiro atoms. The predicted octanol–water partition coefficient (Wildman–Crippen LogP) is 2.56. The van der Waals surface area contributed by atoms with Crippen LogP contribution in [0.1, 0.15) is 5.69 Å². The molecule has 0 N–H and O–H groups in total. The van der Waals surface area contributed by atoms with Crippen LogP contribution in [-0.4, -0.2) is 25.7 Å². The Hall–Kier alpha value is -1.96. The third kappa shape index (κ3) is 2.73. The molecular formula is C13H10IN5. The number of halogens is 1. The highest BCUT2D eigenvalue weighted by Gasteiger charge is 2.00. The summed E-state index contributed by atoms with van der Waals surface area (Å²) in [7, 11) is 0. The molecule has 1 aromatic carbocycles. The van der Waals surface area contributed by atoms with Gasteiger partial charge in [-0.3, -0.25) is 0 Å². The van der Waals surface area contributed by atoms with E-state index in [1.807, 2.05) is 18.3 Å². The molecule has 0 atom stereocenters. The van der Waals surface area contributed by atoms with E-state index in [0.717, 1.165) is 11.4 Å². The van der Waals surface area contributed by atoms with Gasteiger partial charge < -0.3 is 4.57 Å². The van der Waals surface area contributed by atoms with Crippen LogP contribution in [-0.2, 0) is 0 Å². The van der Waals surface area contributed by atoms with Crippen molar-refractivity contribution >= 4 is 28.8 Å². The van der Waals surface area contributed by atoms with Gasteiger partial charge in [0, 0.05) is 15.5 Å². The Morgan fingerprint density at radius 1 is 1.05 bits per heavy atom. The van der Waals surface area contributed by atoms with Crippen molar-refractivity contribution in [1.29, 1.82) is 0 Å². The molecule has 6 heteroatoms. The Kier molecular flexibility index (Phi) is 3.41. The van der Waals surface area contributed by atoms with E-state index in [4.69, 9.17) is 0 Å². The second-order valence-electron chi connectivity index (χ2n) is 3.87. The summed E-state index contributed by atoms with van der Waals surface area (Å²) in [4.78, 5) is 0. The summed E-state index contributed by atoms with van der Waals surface area (Å²) >= 11 is 2.29. The molecule has 2 heterocycles. The van der Waals surface area contributed by atoms with E-state index in [0.29, 0.717) is 0 Å². The smallest absolute Gasteiger partial charge is 0.141 e. The fraction of sp³-hybridized carbons (Fsp3) is 0. The molecule has 0 aliphatic rings. The molecule has 3 rings (SSSR count). The van der Waals surface area contributed by atoms with Gasteiger partial charge in [-0.2, -0.15) is 5.10 Å². The molecule has 3 aromatic rings. The maximum absolute atomic E-state index is 4.26. The number of hydrogen-bond donors (Lipinski definition) is 0. The van der Waals surface area contributed by atoms with Gasteiger partial charge in [0.1, 0.15) is 12.7 Å². The maximum Gasteiger partial charge on any atom is 0.141 e. The van der Waals surface area contributed by atoms with E-state index in [2.05, 4.69) is 66.7 Å². The fourth-order valence-corrected chi connectivity index (χ4v) is 2.08. The van der Waals surface area contributed by atoms with Crippen molar-refractivity contribution in [3.63, 3.8) is 0 Å². The van der Waals surface area contributed by atoms with Gasteiger partial charge in [0.15, 0.2) is 0 Å². The predicted molar refractivity (Wildman–Crippen MR) is 81.5 cm³/mol. The molecule has 0 bridgehead atoms. The third-order valence-electron chi connectivity index (χ3n) is 2.61. The number of benzene rings is 1. The molecular weight excluding hydrogens is 353 g/mol. The van der Waals surface area contributed by atoms with Gasteiger partial charge in [-0.25, -0.2) is 4.68 Å². The first-order valence-corrected chi connectivity index (χ1v) is 6.73. The van der Waals surface area contributed by atoms with Crippen molar-refractivity contribution in [2.24, 2.45) is 5.10 Å². The monoisotopic (exact) mass is 363 g/mol. The van der Waals surface area contributed by atoms with E-state index in [1.165, 1.54) is 3.57 Å². The molecule has 0 aliphatic heterocycles. The largest absolute Gasteiger partial charge is 0.316 e. The minimum absolute atomic E-state index is 0.995. The summed E-state index contributed by atoms with van der Waals surface area (Å²) in [5.74, 6) is 0. The molecule has 0 radical (unpaired) electrons. The summed E-state index contributed by atoms with van der Waals surface area (Å²) in [6.07, 6.45) is 6.89. The zero-order valence-corrected chi connectivity index (χ0v) is 12.0. The first-order chi connectivity index (χ1) is 9.33. The fourth-order valence-electron chi connectivity index (χ4n) is 1.72. The standard InChI is InChI=1S/C13H10IN5/c14-11-3-5-12(6-4-11)19-7-1-2-13(19)8-17-18-9-15-16-10-18/h1-10H. The molecule has 0 saturated carbocycles. The van der Waals surface area contributed by atoms with Crippen LogP contribution in [0.15, 0.2) is 60.4 Å². The van der Waals surface area contributed by atoms with Crippen molar-refractivity contribution in [3.8, 4) is 5.69 Å². The van der Waals surface area contributed by atoms with Crippen LogP contribution >= 0.6 is 22.6 Å². The molecule has 0 saturated heterocycles. The Morgan fingerprint density at radius 2 is 1.79 bits per heavy atom. The summed E-state index contributed by atoms with van der Waals surface area (Å²) < 4.78 is 4.85. The van der Waals surface area contributed by atoms with E-state index in [9.17, 15) is 0 Å². The quantitative estimate of drug-likeness (QED) is 0.531. The summed E-state index contributed by atoms with van der Waals surface area (Å²) in [5.41, 5.74) is 2.10. The zero-order valence-electron chi connectivity index (χ0n) is 9.89. The minimum Gasteiger partial charge on any atom is -0.316 e. The highest BCUT2D eigenvalue weighted by atomic mass is 127. The number of nitrogens with zero attached hydrogens (tertiary/aromatic N) is 5. The van der Waals surface area contributed by atoms with Crippen LogP contribution < -0.4 is 0 Å². The average Bonchev–Trinajstić information content (AvgIpc) is 3.08. The van der Waals surface area contributed by atoms with Crippen LogP contribution in [0.25, 0.3) is 5.69 Å². The van der Waals surface area contributed by atoms with Crippen molar-refractivity contribution in [2.75, 3.05) is 0 Å². The SMILES string of the molecule is Ic1ccc(-n2cccc2C=Nn2cnnc2)cc1. The highest BCUT2D eigenvalue weighted by Crippen LogP contribution is 2.13. The highest BCUT2D eigenvalue weighted by molar-refractivity contribution is 14.1. The van der Waals surface area contributed by atoms with Crippen molar-refractivity contribution in [2.45, 2.75) is 0 Å². The normalized spacial score (nSPS) is 11.2. The van der Waals surface area contributed by atoms with Crippen LogP contribution in [0.5, 0.6) is 0 Å². The Balaban J connectivity index is 1.92. The van der Waals surface area contributed by atoms with E-state index >= 15 is 0 Å². The van der Waals surface area contributed by atoms with Crippen LogP contribution in [0.2, 0.25) is 0 Å². The zero-order chi connectivity index (χ0) is 13.1. The van der Waals surface area contributed by atoms with E-state index < -0.39 is 0 Å².